The normalized spacial score (nSPS) is 11.1. The summed E-state index contributed by atoms with van der Waals surface area (Å²) in [6.07, 6.45) is 21.6. The molecule has 2 N–H and O–H groups in total. The second-order valence-corrected chi connectivity index (χ2v) is 12.0. The van der Waals surface area contributed by atoms with Gasteiger partial charge in [0.2, 0.25) is 0 Å². The van der Waals surface area contributed by atoms with Crippen LogP contribution < -0.4 is 9.47 Å². The molecule has 0 saturated carbocycles. The van der Waals surface area contributed by atoms with E-state index < -0.39 is 11.9 Å². The van der Waals surface area contributed by atoms with Crippen LogP contribution >= 0.6 is 0 Å². The summed E-state index contributed by atoms with van der Waals surface area (Å²) in [7, 11) is 0. The molecule has 0 aliphatic heterocycles. The number of ether oxygens (including phenoxy) is 3. The molecule has 0 saturated heterocycles. The summed E-state index contributed by atoms with van der Waals surface area (Å²) in [6.45, 7) is 5.37. The summed E-state index contributed by atoms with van der Waals surface area (Å²) in [6, 6.07) is 10.8. The van der Waals surface area contributed by atoms with Gasteiger partial charge in [-0.2, -0.15) is 0 Å². The first kappa shape index (κ1) is 38.1. The Morgan fingerprint density at radius 1 is 0.511 bits per heavy atom. The fourth-order valence-electron chi connectivity index (χ4n) is 5.50. The standard InChI is InChI=1S/C38H58O7/c1-3-5-7-9-11-13-15-17-19-31-21-23-35(33(29-31)37(39)40)44-27-25-43-26-28-45-36-24-22-32(30-34(36)38(41)42)20-18-16-14-12-10-8-6-4-2/h21-24,29-30H,3-20,25-28H2,1-2H3,(H,39,40)(H,41,42). The third-order valence-corrected chi connectivity index (χ3v) is 8.16. The second-order valence-electron chi connectivity index (χ2n) is 12.0. The topological polar surface area (TPSA) is 102 Å². The third-order valence-electron chi connectivity index (χ3n) is 8.16. The molecular formula is C38H58O7. The molecule has 7 nitrogen and oxygen atoms in total. The lowest BCUT2D eigenvalue weighted by atomic mass is 10.0. The number of hydrogen-bond acceptors (Lipinski definition) is 5. The maximum Gasteiger partial charge on any atom is 0.339 e. The number of aromatic carboxylic acids is 2. The Kier molecular flexibility index (Phi) is 20.5. The first-order valence-corrected chi connectivity index (χ1v) is 17.5. The molecule has 252 valence electrons. The van der Waals surface area contributed by atoms with Crippen LogP contribution in [-0.4, -0.2) is 48.6 Å². The number of carbonyl (C=O) groups is 2. The lowest BCUT2D eigenvalue weighted by Gasteiger charge is -2.13. The van der Waals surface area contributed by atoms with Gasteiger partial charge in [0.25, 0.3) is 0 Å². The fraction of sp³-hybridized carbons (Fsp3) is 0.632. The lowest BCUT2D eigenvalue weighted by Crippen LogP contribution is -2.14. The van der Waals surface area contributed by atoms with Gasteiger partial charge in [0, 0.05) is 0 Å². The van der Waals surface area contributed by atoms with E-state index in [0.717, 1.165) is 49.7 Å². The number of hydrogen-bond donors (Lipinski definition) is 2. The molecule has 0 fully saturated rings. The Labute approximate surface area is 271 Å². The van der Waals surface area contributed by atoms with E-state index in [9.17, 15) is 19.8 Å². The van der Waals surface area contributed by atoms with Crippen molar-refractivity contribution in [1.82, 2.24) is 0 Å². The van der Waals surface area contributed by atoms with Crippen LogP contribution in [0.1, 0.15) is 148 Å². The summed E-state index contributed by atoms with van der Waals surface area (Å²) >= 11 is 0. The molecule has 2 rings (SSSR count). The van der Waals surface area contributed by atoms with Gasteiger partial charge in [-0.05, 0) is 61.1 Å². The summed E-state index contributed by atoms with van der Waals surface area (Å²) in [5, 5.41) is 19.4. The quantitative estimate of drug-likeness (QED) is 0.0906. The molecule has 0 spiro atoms. The number of aryl methyl sites for hydroxylation is 2. The predicted octanol–water partition coefficient (Wildman–Crippen LogP) is 9.92. The first-order valence-electron chi connectivity index (χ1n) is 17.5. The van der Waals surface area contributed by atoms with E-state index in [4.69, 9.17) is 14.2 Å². The highest BCUT2D eigenvalue weighted by atomic mass is 16.5. The average Bonchev–Trinajstić information content (AvgIpc) is 3.03. The molecule has 2 aromatic rings. The molecule has 0 bridgehead atoms. The molecule has 0 radical (unpaired) electrons. The molecule has 0 unspecified atom stereocenters. The van der Waals surface area contributed by atoms with Crippen LogP contribution in [0.25, 0.3) is 0 Å². The largest absolute Gasteiger partial charge is 0.490 e. The summed E-state index contributed by atoms with van der Waals surface area (Å²) in [5.41, 5.74) is 2.37. The smallest absolute Gasteiger partial charge is 0.339 e. The molecule has 0 aliphatic carbocycles. The maximum absolute atomic E-state index is 11.8. The molecule has 2 aromatic carbocycles. The third kappa shape index (κ3) is 16.7. The van der Waals surface area contributed by atoms with Crippen LogP contribution in [-0.2, 0) is 17.6 Å². The van der Waals surface area contributed by atoms with E-state index in [1.54, 1.807) is 24.3 Å². The SMILES string of the molecule is CCCCCCCCCCc1ccc(OCCOCCOc2ccc(CCCCCCCCCC)cc2C(=O)O)c(C(=O)O)c1. The summed E-state index contributed by atoms with van der Waals surface area (Å²) < 4.78 is 17.0. The molecule has 45 heavy (non-hydrogen) atoms. The Bertz CT molecular complexity index is 1010. The Hall–Kier alpha value is -3.06. The molecule has 0 amide bonds. The van der Waals surface area contributed by atoms with E-state index in [1.807, 2.05) is 12.1 Å². The van der Waals surface area contributed by atoms with Gasteiger partial charge in [-0.1, -0.05) is 116 Å². The molecule has 7 heteroatoms. The molecule has 0 aromatic heterocycles. The molecule has 0 aliphatic rings. The van der Waals surface area contributed by atoms with E-state index in [-0.39, 0.29) is 37.6 Å². The van der Waals surface area contributed by atoms with Gasteiger partial charge in [0.1, 0.15) is 35.8 Å². The molecular weight excluding hydrogens is 568 g/mol. The zero-order valence-corrected chi connectivity index (χ0v) is 28.0. The van der Waals surface area contributed by atoms with Crippen LogP contribution in [0.2, 0.25) is 0 Å². The Morgan fingerprint density at radius 3 is 1.22 bits per heavy atom. The maximum atomic E-state index is 11.8. The second kappa shape index (κ2) is 24.2. The van der Waals surface area contributed by atoms with Gasteiger partial charge >= 0.3 is 11.9 Å². The fourth-order valence-corrected chi connectivity index (χ4v) is 5.50. The van der Waals surface area contributed by atoms with Crippen molar-refractivity contribution < 1.29 is 34.0 Å². The minimum absolute atomic E-state index is 0.169. The number of rotatable bonds is 28. The zero-order chi connectivity index (χ0) is 32.5. The minimum Gasteiger partial charge on any atom is -0.490 e. The van der Waals surface area contributed by atoms with Crippen molar-refractivity contribution in [3.05, 3.63) is 58.7 Å². The van der Waals surface area contributed by atoms with E-state index in [2.05, 4.69) is 13.8 Å². The van der Waals surface area contributed by atoms with Crippen molar-refractivity contribution in [3.63, 3.8) is 0 Å². The number of carboxylic acid groups (broad SMARTS) is 2. The van der Waals surface area contributed by atoms with Gasteiger partial charge in [-0.15, -0.1) is 0 Å². The van der Waals surface area contributed by atoms with Crippen LogP contribution in [0.3, 0.4) is 0 Å². The molecule has 0 atom stereocenters. The van der Waals surface area contributed by atoms with Crippen molar-refractivity contribution in [2.45, 2.75) is 129 Å². The van der Waals surface area contributed by atoms with Crippen LogP contribution in [0.5, 0.6) is 11.5 Å². The highest BCUT2D eigenvalue weighted by molar-refractivity contribution is 5.91. The highest BCUT2D eigenvalue weighted by Crippen LogP contribution is 2.23. The Morgan fingerprint density at radius 2 is 0.867 bits per heavy atom. The molecule has 0 heterocycles. The van der Waals surface area contributed by atoms with Gasteiger partial charge in [0.15, 0.2) is 0 Å². The van der Waals surface area contributed by atoms with Crippen molar-refractivity contribution in [2.24, 2.45) is 0 Å². The van der Waals surface area contributed by atoms with E-state index in [0.29, 0.717) is 11.5 Å². The van der Waals surface area contributed by atoms with E-state index in [1.165, 1.54) is 77.0 Å². The van der Waals surface area contributed by atoms with Crippen molar-refractivity contribution >= 4 is 11.9 Å². The first-order chi connectivity index (χ1) is 22.0. The van der Waals surface area contributed by atoms with Gasteiger partial charge in [-0.25, -0.2) is 9.59 Å². The number of benzene rings is 2. The minimum atomic E-state index is -1.00. The number of carboxylic acids is 2. The van der Waals surface area contributed by atoms with Crippen molar-refractivity contribution in [1.29, 1.82) is 0 Å². The van der Waals surface area contributed by atoms with Crippen LogP contribution in [0.15, 0.2) is 36.4 Å². The van der Waals surface area contributed by atoms with Crippen LogP contribution in [0, 0.1) is 0 Å². The summed E-state index contributed by atoms with van der Waals surface area (Å²) in [5.74, 6) is -1.34. The zero-order valence-electron chi connectivity index (χ0n) is 28.0. The predicted molar refractivity (Wildman–Crippen MR) is 181 cm³/mol. The monoisotopic (exact) mass is 626 g/mol. The van der Waals surface area contributed by atoms with Crippen LogP contribution in [0.4, 0.5) is 0 Å². The van der Waals surface area contributed by atoms with Gasteiger partial charge in [-0.3, -0.25) is 0 Å². The van der Waals surface area contributed by atoms with Crippen molar-refractivity contribution in [3.8, 4) is 11.5 Å². The average molecular weight is 627 g/mol. The van der Waals surface area contributed by atoms with Gasteiger partial charge < -0.3 is 24.4 Å². The summed E-state index contributed by atoms with van der Waals surface area (Å²) in [4.78, 5) is 23.7. The van der Waals surface area contributed by atoms with Gasteiger partial charge in [0.05, 0.1) is 13.2 Å². The highest BCUT2D eigenvalue weighted by Gasteiger charge is 2.14. The van der Waals surface area contributed by atoms with E-state index >= 15 is 0 Å². The van der Waals surface area contributed by atoms with Crippen molar-refractivity contribution in [2.75, 3.05) is 26.4 Å². The lowest BCUT2D eigenvalue weighted by molar-refractivity contribution is 0.0665. The number of unbranched alkanes of at least 4 members (excludes halogenated alkanes) is 14. The Balaban J connectivity index is 1.66.